The Morgan fingerprint density at radius 2 is 2.27 bits per heavy atom. The summed E-state index contributed by atoms with van der Waals surface area (Å²) in [4.78, 5) is 32.7. The van der Waals surface area contributed by atoms with E-state index in [9.17, 15) is 9.59 Å². The molecular formula is C14H19N3O4S. The molecule has 0 N–H and O–H groups in total. The maximum atomic E-state index is 11.6. The fourth-order valence-corrected chi connectivity index (χ4v) is 2.00. The third-order valence-electron chi connectivity index (χ3n) is 2.86. The third-order valence-corrected chi connectivity index (χ3v) is 3.40. The second-order valence-corrected chi connectivity index (χ2v) is 5.03. The zero-order chi connectivity index (χ0) is 16.4. The van der Waals surface area contributed by atoms with Crippen LogP contribution in [-0.4, -0.2) is 67.3 Å². The predicted molar refractivity (Wildman–Crippen MR) is 85.8 cm³/mol. The molecular weight excluding hydrogens is 306 g/mol. The summed E-state index contributed by atoms with van der Waals surface area (Å²) in [5.41, 5.74) is 0. The number of esters is 1. The zero-order valence-corrected chi connectivity index (χ0v) is 13.7. The van der Waals surface area contributed by atoms with Crippen molar-refractivity contribution in [1.29, 1.82) is 0 Å². The number of methoxy groups -OCH3 is 1. The number of aliphatic imine (C=N–C) groups is 2. The first-order chi connectivity index (χ1) is 10.7. The van der Waals surface area contributed by atoms with Crippen LogP contribution >= 0.6 is 11.8 Å². The van der Waals surface area contributed by atoms with Crippen molar-refractivity contribution in [2.24, 2.45) is 9.98 Å². The Kier molecular flexibility index (Phi) is 8.25. The number of carbonyl (C=O) groups excluding carboxylic acids is 2. The Bertz CT molecular complexity index is 518. The smallest absolute Gasteiger partial charge is 0.325 e. The zero-order valence-electron chi connectivity index (χ0n) is 12.9. The van der Waals surface area contributed by atoms with Crippen LogP contribution in [0.25, 0.3) is 0 Å². The largest absolute Gasteiger partial charge is 0.468 e. The molecule has 0 aromatic rings. The van der Waals surface area contributed by atoms with Gasteiger partial charge in [0.05, 0.1) is 32.8 Å². The molecule has 0 saturated carbocycles. The van der Waals surface area contributed by atoms with Gasteiger partial charge in [-0.1, -0.05) is 17.7 Å². The van der Waals surface area contributed by atoms with Gasteiger partial charge in [-0.05, 0) is 13.2 Å². The number of hydrogen-bond acceptors (Lipinski definition) is 6. The van der Waals surface area contributed by atoms with Gasteiger partial charge in [-0.15, -0.1) is 0 Å². The van der Waals surface area contributed by atoms with E-state index in [0.717, 1.165) is 6.29 Å². The lowest BCUT2D eigenvalue weighted by Crippen LogP contribution is -2.53. The highest BCUT2D eigenvalue weighted by Gasteiger charge is 2.30. The topological polar surface area (TPSA) is 80.6 Å². The molecule has 0 atom stereocenters. The molecule has 0 bridgehead atoms. The Balaban J connectivity index is 3.06. The highest BCUT2D eigenvalue weighted by atomic mass is 32.2. The van der Waals surface area contributed by atoms with Crippen LogP contribution in [-0.2, 0) is 19.1 Å². The van der Waals surface area contributed by atoms with Crippen LogP contribution < -0.4 is 0 Å². The molecule has 1 fully saturated rings. The molecule has 1 aliphatic rings. The molecule has 1 heterocycles. The molecule has 120 valence electrons. The van der Waals surface area contributed by atoms with Crippen LogP contribution in [0.1, 0.15) is 13.3 Å². The molecule has 22 heavy (non-hydrogen) atoms. The first kappa shape index (κ1) is 18.2. The van der Waals surface area contributed by atoms with E-state index in [0.29, 0.717) is 24.2 Å². The summed E-state index contributed by atoms with van der Waals surface area (Å²) in [5.74, 6) is 2.71. The van der Waals surface area contributed by atoms with Crippen LogP contribution in [0.4, 0.5) is 0 Å². The van der Waals surface area contributed by atoms with Crippen molar-refractivity contribution in [2.45, 2.75) is 19.4 Å². The lowest BCUT2D eigenvalue weighted by atomic mass is 10.2. The molecule has 1 rings (SSSR count). The average Bonchev–Trinajstić information content (AvgIpc) is 2.47. The van der Waals surface area contributed by atoms with Crippen molar-refractivity contribution in [1.82, 2.24) is 4.90 Å². The average molecular weight is 325 g/mol. The van der Waals surface area contributed by atoms with Gasteiger partial charge < -0.3 is 19.2 Å². The highest BCUT2D eigenvalue weighted by Crippen LogP contribution is 2.14. The van der Waals surface area contributed by atoms with Crippen LogP contribution in [0.3, 0.4) is 0 Å². The number of carbonyl (C=O) groups is 2. The number of amidine groups is 2. The number of thioether (sulfide) groups is 1. The quantitative estimate of drug-likeness (QED) is 0.241. The summed E-state index contributed by atoms with van der Waals surface area (Å²) < 4.78 is 9.86. The standard InChI is InChI=1S/C14H19N3O4S/c1-4-6-15-14(22-3)16-12(5-7-18)17(8-13(19)20-2)11-9-21-10-11/h7,11H,5,8-10H2,1-3H3. The summed E-state index contributed by atoms with van der Waals surface area (Å²) in [5, 5.41) is 0.432. The molecule has 1 aliphatic heterocycles. The van der Waals surface area contributed by atoms with Gasteiger partial charge in [0, 0.05) is 6.04 Å². The van der Waals surface area contributed by atoms with Crippen LogP contribution in [0, 0.1) is 12.0 Å². The SMILES string of the molecule is CC#CN=C(N=C(CC=O)N(CC(=O)OC)C1COC1)SC. The molecule has 0 radical (unpaired) electrons. The van der Waals surface area contributed by atoms with Gasteiger partial charge >= 0.3 is 5.97 Å². The van der Waals surface area contributed by atoms with Gasteiger partial charge in [-0.25, -0.2) is 4.99 Å². The van der Waals surface area contributed by atoms with Gasteiger partial charge in [0.1, 0.15) is 18.7 Å². The van der Waals surface area contributed by atoms with E-state index >= 15 is 0 Å². The minimum atomic E-state index is -0.401. The van der Waals surface area contributed by atoms with Gasteiger partial charge in [-0.2, -0.15) is 4.99 Å². The van der Waals surface area contributed by atoms with E-state index in [-0.39, 0.29) is 19.0 Å². The molecule has 0 aromatic heterocycles. The third kappa shape index (κ3) is 5.50. The summed E-state index contributed by atoms with van der Waals surface area (Å²) in [6.45, 7) is 2.65. The number of ether oxygens (including phenoxy) is 2. The second kappa shape index (κ2) is 9.97. The second-order valence-electron chi connectivity index (χ2n) is 4.25. The number of rotatable bonds is 5. The molecule has 1 saturated heterocycles. The van der Waals surface area contributed by atoms with Crippen LogP contribution in [0.5, 0.6) is 0 Å². The molecule has 0 spiro atoms. The summed E-state index contributed by atoms with van der Waals surface area (Å²) in [6.07, 6.45) is 2.63. The molecule has 0 amide bonds. The number of hydrogen-bond donors (Lipinski definition) is 0. The monoisotopic (exact) mass is 325 g/mol. The van der Waals surface area contributed by atoms with E-state index in [1.165, 1.54) is 18.9 Å². The van der Waals surface area contributed by atoms with Crippen molar-refractivity contribution < 1.29 is 19.1 Å². The van der Waals surface area contributed by atoms with Gasteiger partial charge in [0.25, 0.3) is 0 Å². The van der Waals surface area contributed by atoms with Crippen molar-refractivity contribution in [3.8, 4) is 12.0 Å². The van der Waals surface area contributed by atoms with E-state index in [1.54, 1.807) is 11.8 Å². The molecule has 0 aliphatic carbocycles. The first-order valence-corrected chi connectivity index (χ1v) is 7.84. The summed E-state index contributed by atoms with van der Waals surface area (Å²) >= 11 is 1.31. The molecule has 7 nitrogen and oxygen atoms in total. The van der Waals surface area contributed by atoms with Crippen LogP contribution in [0.15, 0.2) is 9.98 Å². The Morgan fingerprint density at radius 1 is 1.55 bits per heavy atom. The number of nitrogens with zero attached hydrogens (tertiary/aromatic N) is 3. The van der Waals surface area contributed by atoms with Crippen molar-refractivity contribution in [2.75, 3.05) is 33.1 Å². The molecule has 0 aromatic carbocycles. The van der Waals surface area contributed by atoms with Gasteiger partial charge in [0.2, 0.25) is 0 Å². The Labute approximate surface area is 134 Å². The predicted octanol–water partition coefficient (Wildman–Crippen LogP) is 0.548. The fourth-order valence-electron chi connectivity index (χ4n) is 1.67. The Morgan fingerprint density at radius 3 is 2.73 bits per heavy atom. The maximum absolute atomic E-state index is 11.6. The van der Waals surface area contributed by atoms with Crippen molar-refractivity contribution in [3.63, 3.8) is 0 Å². The number of aldehydes is 1. The minimum absolute atomic E-state index is 0.00170. The Hall–Kier alpha value is -1.85. The van der Waals surface area contributed by atoms with Crippen molar-refractivity contribution in [3.05, 3.63) is 0 Å². The lowest BCUT2D eigenvalue weighted by molar-refractivity contribution is -0.143. The summed E-state index contributed by atoms with van der Waals surface area (Å²) in [7, 11) is 1.32. The van der Waals surface area contributed by atoms with E-state index in [4.69, 9.17) is 9.47 Å². The van der Waals surface area contributed by atoms with Gasteiger partial charge in [-0.3, -0.25) is 4.79 Å². The van der Waals surface area contributed by atoms with Gasteiger partial charge in [0.15, 0.2) is 5.17 Å². The van der Waals surface area contributed by atoms with E-state index in [2.05, 4.69) is 21.9 Å². The maximum Gasteiger partial charge on any atom is 0.325 e. The van der Waals surface area contributed by atoms with E-state index in [1.807, 2.05) is 6.26 Å². The van der Waals surface area contributed by atoms with E-state index < -0.39 is 5.97 Å². The fraction of sp³-hybridized carbons (Fsp3) is 0.571. The molecule has 8 heteroatoms. The summed E-state index contributed by atoms with van der Waals surface area (Å²) in [6, 6.07) is 2.58. The highest BCUT2D eigenvalue weighted by molar-refractivity contribution is 8.13. The molecule has 0 unspecified atom stereocenters. The lowest BCUT2D eigenvalue weighted by Gasteiger charge is -2.38. The minimum Gasteiger partial charge on any atom is -0.468 e. The normalized spacial score (nSPS) is 15.4. The first-order valence-electron chi connectivity index (χ1n) is 6.62. The van der Waals surface area contributed by atoms with Crippen molar-refractivity contribution >= 4 is 35.0 Å². The van der Waals surface area contributed by atoms with Crippen LogP contribution in [0.2, 0.25) is 0 Å².